The molecule has 0 bridgehead atoms. The molecule has 1 saturated carbocycles. The van der Waals surface area contributed by atoms with Crippen LogP contribution in [0.15, 0.2) is 36.5 Å². The zero-order valence-corrected chi connectivity index (χ0v) is 16.4. The molecule has 0 spiro atoms. The average molecular weight is 367 g/mol. The van der Waals surface area contributed by atoms with E-state index in [1.54, 1.807) is 0 Å². The molecule has 1 atom stereocenters. The van der Waals surface area contributed by atoms with Gasteiger partial charge in [0.1, 0.15) is 0 Å². The zero-order valence-electron chi connectivity index (χ0n) is 16.4. The molecule has 1 aliphatic carbocycles. The lowest BCUT2D eigenvalue weighted by Crippen LogP contribution is -2.43. The molecule has 0 saturated heterocycles. The van der Waals surface area contributed by atoms with Crippen LogP contribution in [-0.4, -0.2) is 11.9 Å². The highest BCUT2D eigenvalue weighted by Crippen LogP contribution is 2.30. The molecule has 1 heterocycles. The van der Waals surface area contributed by atoms with Gasteiger partial charge >= 0.3 is 0 Å². The normalized spacial score (nSPS) is 20.9. The zero-order chi connectivity index (χ0) is 19.6. The molecule has 144 valence electrons. The number of carbonyl (C=O) groups excluding carboxylic acids is 1. The molecule has 0 radical (unpaired) electrons. The Morgan fingerprint density at radius 3 is 2.41 bits per heavy atom. The minimum Gasteiger partial charge on any atom is -0.618 e. The number of aromatic nitrogens is 1. The highest BCUT2D eigenvalue weighted by atomic mass is 16.5. The van der Waals surface area contributed by atoms with Crippen molar-refractivity contribution < 1.29 is 9.52 Å². The van der Waals surface area contributed by atoms with E-state index in [1.807, 2.05) is 44.2 Å². The predicted molar refractivity (Wildman–Crippen MR) is 108 cm³/mol. The first-order valence-electron chi connectivity index (χ1n) is 9.73. The number of pyridine rings is 1. The number of aryl methyl sites for hydroxylation is 1. The standard InChI is InChI=1S/C22H29N3O2/c1-14-4-6-18(7-5-14)21(23)22(26)24-19-10-8-17(9-11-19)20-15(2)12-13-25(27)16(20)3/h8-14,18,21H,4-7,23H2,1-3H3,(H,24,26). The summed E-state index contributed by atoms with van der Waals surface area (Å²) in [4.78, 5) is 12.5. The van der Waals surface area contributed by atoms with Crippen molar-refractivity contribution in [2.75, 3.05) is 5.32 Å². The number of benzene rings is 1. The van der Waals surface area contributed by atoms with Gasteiger partial charge in [-0.3, -0.25) is 4.79 Å². The number of anilines is 1. The Kier molecular flexibility index (Phi) is 5.80. The quantitative estimate of drug-likeness (QED) is 0.638. The SMILES string of the molecule is Cc1cc[n+]([O-])c(C)c1-c1ccc(NC(=O)C(N)C2CCC(C)CC2)cc1. The smallest absolute Gasteiger partial charge is 0.241 e. The number of hydrogen-bond donors (Lipinski definition) is 2. The van der Waals surface area contributed by atoms with Crippen molar-refractivity contribution in [3.63, 3.8) is 0 Å². The molecule has 3 rings (SSSR count). The highest BCUT2D eigenvalue weighted by Gasteiger charge is 2.28. The van der Waals surface area contributed by atoms with E-state index in [1.165, 1.54) is 6.20 Å². The van der Waals surface area contributed by atoms with E-state index in [2.05, 4.69) is 12.2 Å². The summed E-state index contributed by atoms with van der Waals surface area (Å²) >= 11 is 0. The molecular weight excluding hydrogens is 338 g/mol. The summed E-state index contributed by atoms with van der Waals surface area (Å²) in [7, 11) is 0. The first-order valence-corrected chi connectivity index (χ1v) is 9.73. The maximum absolute atomic E-state index is 12.5. The van der Waals surface area contributed by atoms with E-state index in [0.717, 1.165) is 58.7 Å². The minimum absolute atomic E-state index is 0.119. The second-order valence-electron chi connectivity index (χ2n) is 7.90. The Bertz CT molecular complexity index is 809. The van der Waals surface area contributed by atoms with Crippen LogP contribution in [0.2, 0.25) is 0 Å². The van der Waals surface area contributed by atoms with Gasteiger partial charge in [0.15, 0.2) is 11.9 Å². The lowest BCUT2D eigenvalue weighted by Gasteiger charge is -2.29. The minimum atomic E-state index is -0.463. The van der Waals surface area contributed by atoms with Gasteiger partial charge in [0.25, 0.3) is 0 Å². The van der Waals surface area contributed by atoms with Crippen molar-refractivity contribution in [2.45, 2.75) is 52.5 Å². The Morgan fingerprint density at radius 1 is 1.15 bits per heavy atom. The summed E-state index contributed by atoms with van der Waals surface area (Å²) < 4.78 is 0.877. The Balaban J connectivity index is 1.69. The molecule has 1 fully saturated rings. The number of hydrogen-bond acceptors (Lipinski definition) is 3. The molecule has 1 aromatic carbocycles. The van der Waals surface area contributed by atoms with E-state index in [4.69, 9.17) is 5.73 Å². The first-order chi connectivity index (χ1) is 12.9. The average Bonchev–Trinajstić information content (AvgIpc) is 2.66. The molecular formula is C22H29N3O2. The molecule has 5 heteroatoms. The van der Waals surface area contributed by atoms with Crippen molar-refractivity contribution in [1.82, 2.24) is 0 Å². The maximum atomic E-state index is 12.5. The number of nitrogens with two attached hydrogens (primary N) is 1. The fourth-order valence-electron chi connectivity index (χ4n) is 4.01. The van der Waals surface area contributed by atoms with Crippen LogP contribution in [0.4, 0.5) is 5.69 Å². The molecule has 1 aliphatic rings. The van der Waals surface area contributed by atoms with Gasteiger partial charge in [-0.2, -0.15) is 4.73 Å². The fourth-order valence-corrected chi connectivity index (χ4v) is 4.01. The lowest BCUT2D eigenvalue weighted by atomic mass is 9.79. The van der Waals surface area contributed by atoms with E-state index in [-0.39, 0.29) is 11.8 Å². The molecule has 3 N–H and O–H groups in total. The van der Waals surface area contributed by atoms with Gasteiger partial charge in [-0.15, -0.1) is 0 Å². The number of amides is 1. The molecule has 27 heavy (non-hydrogen) atoms. The van der Waals surface area contributed by atoms with Gasteiger partial charge in [0.05, 0.1) is 11.6 Å². The van der Waals surface area contributed by atoms with Crippen LogP contribution in [0, 0.1) is 30.9 Å². The van der Waals surface area contributed by atoms with Crippen molar-refractivity contribution in [3.8, 4) is 11.1 Å². The molecule has 0 aliphatic heterocycles. The van der Waals surface area contributed by atoms with E-state index in [0.29, 0.717) is 5.69 Å². The van der Waals surface area contributed by atoms with E-state index < -0.39 is 6.04 Å². The van der Waals surface area contributed by atoms with Gasteiger partial charge in [0.2, 0.25) is 5.91 Å². The van der Waals surface area contributed by atoms with Gasteiger partial charge in [-0.25, -0.2) is 0 Å². The molecule has 2 aromatic rings. The monoisotopic (exact) mass is 367 g/mol. The van der Waals surface area contributed by atoms with Crippen molar-refractivity contribution in [1.29, 1.82) is 0 Å². The van der Waals surface area contributed by atoms with Crippen LogP contribution in [0.1, 0.15) is 43.9 Å². The fraction of sp³-hybridized carbons (Fsp3) is 0.455. The Morgan fingerprint density at radius 2 is 1.78 bits per heavy atom. The second kappa shape index (κ2) is 8.09. The summed E-state index contributed by atoms with van der Waals surface area (Å²) in [5.41, 5.74) is 10.5. The summed E-state index contributed by atoms with van der Waals surface area (Å²) in [6.07, 6.45) is 5.87. The summed E-state index contributed by atoms with van der Waals surface area (Å²) in [5.74, 6) is 0.885. The number of nitrogens with zero attached hydrogens (tertiary/aromatic N) is 1. The van der Waals surface area contributed by atoms with Gasteiger partial charge in [0, 0.05) is 18.7 Å². The van der Waals surface area contributed by atoms with Crippen LogP contribution in [0.5, 0.6) is 0 Å². The van der Waals surface area contributed by atoms with Crippen molar-refractivity contribution in [3.05, 3.63) is 53.0 Å². The van der Waals surface area contributed by atoms with Crippen LogP contribution < -0.4 is 15.8 Å². The molecule has 1 unspecified atom stereocenters. The van der Waals surface area contributed by atoms with Gasteiger partial charge in [-0.1, -0.05) is 31.9 Å². The third-order valence-corrected chi connectivity index (χ3v) is 5.86. The maximum Gasteiger partial charge on any atom is 0.241 e. The molecule has 5 nitrogen and oxygen atoms in total. The summed E-state index contributed by atoms with van der Waals surface area (Å²) in [5, 5.41) is 14.8. The van der Waals surface area contributed by atoms with Gasteiger partial charge < -0.3 is 16.3 Å². The van der Waals surface area contributed by atoms with Crippen molar-refractivity contribution >= 4 is 11.6 Å². The Hall–Kier alpha value is -2.40. The highest BCUT2D eigenvalue weighted by molar-refractivity contribution is 5.95. The van der Waals surface area contributed by atoms with Crippen molar-refractivity contribution in [2.24, 2.45) is 17.6 Å². The lowest BCUT2D eigenvalue weighted by molar-refractivity contribution is -0.611. The third-order valence-electron chi connectivity index (χ3n) is 5.86. The Labute approximate surface area is 161 Å². The number of nitrogens with one attached hydrogen (secondary N) is 1. The first kappa shape index (κ1) is 19.4. The van der Waals surface area contributed by atoms with Crippen LogP contribution in [0.3, 0.4) is 0 Å². The van der Waals surface area contributed by atoms with Crippen LogP contribution in [-0.2, 0) is 4.79 Å². The third kappa shape index (κ3) is 4.30. The summed E-state index contributed by atoms with van der Waals surface area (Å²) in [6.45, 7) is 6.06. The number of carbonyl (C=O) groups is 1. The second-order valence-corrected chi connectivity index (χ2v) is 7.90. The molecule has 1 amide bonds. The van der Waals surface area contributed by atoms with Crippen LogP contribution >= 0.6 is 0 Å². The van der Waals surface area contributed by atoms with E-state index >= 15 is 0 Å². The number of rotatable bonds is 4. The predicted octanol–water partition coefficient (Wildman–Crippen LogP) is 3.70. The van der Waals surface area contributed by atoms with E-state index in [9.17, 15) is 10.0 Å². The van der Waals surface area contributed by atoms with Gasteiger partial charge in [-0.05, 0) is 54.9 Å². The largest absolute Gasteiger partial charge is 0.618 e. The topological polar surface area (TPSA) is 82.1 Å². The van der Waals surface area contributed by atoms with Crippen LogP contribution in [0.25, 0.3) is 11.1 Å². The summed E-state index contributed by atoms with van der Waals surface area (Å²) in [6, 6.07) is 8.94. The molecule has 1 aromatic heterocycles.